The van der Waals surface area contributed by atoms with Crippen LogP contribution in [0.5, 0.6) is 0 Å². The van der Waals surface area contributed by atoms with Gasteiger partial charge in [0.2, 0.25) is 0 Å². The highest BCUT2D eigenvalue weighted by Crippen LogP contribution is 1.82. The van der Waals surface area contributed by atoms with Gasteiger partial charge in [0.15, 0.2) is 0 Å². The number of thiocarbonyl (C=S) groups is 2. The Morgan fingerprint density at radius 2 is 1.77 bits per heavy atom. The second-order valence-corrected chi connectivity index (χ2v) is 2.63. The molecule has 0 aliphatic rings. The van der Waals surface area contributed by atoms with Gasteiger partial charge in [0, 0.05) is 0 Å². The van der Waals surface area contributed by atoms with Gasteiger partial charge in [0.25, 0.3) is 10.3 Å². The summed E-state index contributed by atoms with van der Waals surface area (Å²) >= 11 is 8.20. The van der Waals surface area contributed by atoms with E-state index in [2.05, 4.69) is 34.9 Å². The molecule has 1 atom stereocenters. The highest BCUT2D eigenvalue weighted by Gasteiger charge is 2.01. The topological polar surface area (TPSA) is 122 Å². The molecule has 0 rings (SSSR count). The normalized spacial score (nSPS) is 10.6. The molecule has 0 aromatic heterocycles. The third kappa shape index (κ3) is 24.6. The van der Waals surface area contributed by atoms with E-state index in [1.807, 2.05) is 0 Å². The van der Waals surface area contributed by atoms with E-state index >= 15 is 0 Å². The summed E-state index contributed by atoms with van der Waals surface area (Å²) in [4.78, 5) is 0. The van der Waals surface area contributed by atoms with Crippen LogP contribution in [0.25, 0.3) is 0 Å². The van der Waals surface area contributed by atoms with E-state index in [0.29, 0.717) is 0 Å². The van der Waals surface area contributed by atoms with Gasteiger partial charge in [-0.05, 0) is 24.4 Å². The molecule has 0 fully saturated rings. The molecule has 0 aliphatic heterocycles. The van der Waals surface area contributed by atoms with Gasteiger partial charge in [-0.2, -0.15) is 0 Å². The maximum Gasteiger partial charge on any atom is 0.254 e. The molecule has 0 saturated heterocycles. The van der Waals surface area contributed by atoms with E-state index in [1.54, 1.807) is 0 Å². The van der Waals surface area contributed by atoms with Gasteiger partial charge in [0.05, 0.1) is 6.61 Å². The van der Waals surface area contributed by atoms with Crippen molar-refractivity contribution in [1.82, 2.24) is 0 Å². The fraction of sp³-hybridized carbons (Fsp3) is 0.600. The second-order valence-electron chi connectivity index (χ2n) is 1.80. The van der Waals surface area contributed by atoms with Crippen molar-refractivity contribution >= 4 is 34.8 Å². The highest BCUT2D eigenvalue weighted by atomic mass is 32.1. The molecule has 13 heavy (non-hydrogen) atoms. The summed E-state index contributed by atoms with van der Waals surface area (Å²) in [5.74, 6) is 0. The molecule has 1 unspecified atom stereocenters. The minimum Gasteiger partial charge on any atom is -0.487 e. The van der Waals surface area contributed by atoms with Gasteiger partial charge < -0.3 is 31.5 Å². The third-order valence-electron chi connectivity index (χ3n) is 0.629. The van der Waals surface area contributed by atoms with Crippen LogP contribution in [0.1, 0.15) is 0 Å². The summed E-state index contributed by atoms with van der Waals surface area (Å²) in [5, 5.41) is 23.8. The molecule has 0 bridgehead atoms. The van der Waals surface area contributed by atoms with Gasteiger partial charge >= 0.3 is 0 Å². The van der Waals surface area contributed by atoms with Gasteiger partial charge in [-0.15, -0.1) is 0 Å². The maximum atomic E-state index is 8.62. The Balaban J connectivity index is 0. The number of nitrogens with two attached hydrogens (primary N) is 2. The number of ether oxygens (including phenoxy) is 1. The first-order chi connectivity index (χ1) is 5.90. The zero-order valence-corrected chi connectivity index (χ0v) is 8.35. The quantitative estimate of drug-likeness (QED) is 0.366. The number of aliphatic hydroxyl groups excluding tert-OH is 3. The smallest absolute Gasteiger partial charge is 0.254 e. The minimum absolute atomic E-state index is 0.0498. The summed E-state index contributed by atoms with van der Waals surface area (Å²) < 4.78 is 4.49. The molecular formula is C5H12N2O4S2. The fourth-order valence-corrected chi connectivity index (χ4v) is 0.299. The Hall–Kier alpha value is -0.700. The van der Waals surface area contributed by atoms with Crippen molar-refractivity contribution in [2.24, 2.45) is 11.5 Å². The summed E-state index contributed by atoms with van der Waals surface area (Å²) in [6.07, 6.45) is -0.897. The first kappa shape index (κ1) is 14.8. The lowest BCUT2D eigenvalue weighted by Gasteiger charge is -2.06. The molecule has 0 saturated carbocycles. The SMILES string of the molecule is NC(=S)OCC(O)CO.NC(O)=S. The summed E-state index contributed by atoms with van der Waals surface area (Å²) in [6, 6.07) is 0. The van der Waals surface area contributed by atoms with Crippen LogP contribution in [0.15, 0.2) is 0 Å². The Morgan fingerprint density at radius 3 is 2.00 bits per heavy atom. The van der Waals surface area contributed by atoms with E-state index in [1.165, 1.54) is 0 Å². The molecule has 0 aromatic rings. The summed E-state index contributed by atoms with van der Waals surface area (Å²) in [7, 11) is 0. The average molecular weight is 228 g/mol. The molecule has 78 valence electrons. The zero-order chi connectivity index (χ0) is 10.9. The number of hydrogen-bond donors (Lipinski definition) is 5. The van der Waals surface area contributed by atoms with Crippen molar-refractivity contribution in [3.8, 4) is 0 Å². The van der Waals surface area contributed by atoms with Crippen LogP contribution in [0.3, 0.4) is 0 Å². The standard InChI is InChI=1S/C4H9NO3S.CH3NOS/c5-4(9)8-2-3(7)1-6;2-1(3)4/h3,6-7H,1-2H2,(H2,5,9);(H3,2,3,4). The fourth-order valence-electron chi connectivity index (χ4n) is 0.231. The molecule has 0 aliphatic carbocycles. The Bertz CT molecular complexity index is 163. The van der Waals surface area contributed by atoms with E-state index < -0.39 is 11.3 Å². The van der Waals surface area contributed by atoms with Crippen LogP contribution in [-0.4, -0.2) is 45.0 Å². The van der Waals surface area contributed by atoms with Gasteiger partial charge in [-0.1, -0.05) is 0 Å². The molecule has 7 N–H and O–H groups in total. The minimum atomic E-state index is -0.897. The third-order valence-corrected chi connectivity index (χ3v) is 0.747. The van der Waals surface area contributed by atoms with Crippen molar-refractivity contribution in [2.75, 3.05) is 13.2 Å². The molecular weight excluding hydrogens is 216 g/mol. The molecule has 0 radical (unpaired) electrons. The molecule has 0 amide bonds. The largest absolute Gasteiger partial charge is 0.487 e. The van der Waals surface area contributed by atoms with Crippen LogP contribution >= 0.6 is 24.4 Å². The van der Waals surface area contributed by atoms with Crippen LogP contribution < -0.4 is 11.5 Å². The summed E-state index contributed by atoms with van der Waals surface area (Å²) in [5.41, 5.74) is 9.31. The van der Waals surface area contributed by atoms with Crippen LogP contribution in [-0.2, 0) is 4.74 Å². The van der Waals surface area contributed by atoms with E-state index in [9.17, 15) is 0 Å². The number of hydrogen-bond acceptors (Lipinski definition) is 5. The van der Waals surface area contributed by atoms with Crippen LogP contribution in [0, 0.1) is 0 Å². The van der Waals surface area contributed by atoms with Gasteiger partial charge in [-0.3, -0.25) is 0 Å². The lowest BCUT2D eigenvalue weighted by molar-refractivity contribution is 0.0503. The van der Waals surface area contributed by atoms with E-state index in [4.69, 9.17) is 21.1 Å². The Kier molecular flexibility index (Phi) is 10.7. The highest BCUT2D eigenvalue weighted by molar-refractivity contribution is 7.80. The van der Waals surface area contributed by atoms with Gasteiger partial charge in [0.1, 0.15) is 12.7 Å². The first-order valence-electron chi connectivity index (χ1n) is 3.09. The van der Waals surface area contributed by atoms with Crippen molar-refractivity contribution in [3.63, 3.8) is 0 Å². The van der Waals surface area contributed by atoms with Crippen LogP contribution in [0.2, 0.25) is 0 Å². The lowest BCUT2D eigenvalue weighted by atomic mass is 10.4. The monoisotopic (exact) mass is 228 g/mol. The zero-order valence-electron chi connectivity index (χ0n) is 6.71. The molecule has 0 heterocycles. The first-order valence-corrected chi connectivity index (χ1v) is 3.91. The van der Waals surface area contributed by atoms with Crippen molar-refractivity contribution < 1.29 is 20.1 Å². The molecule has 0 aromatic carbocycles. The Labute approximate surface area is 86.1 Å². The Morgan fingerprint density at radius 1 is 1.38 bits per heavy atom. The lowest BCUT2D eigenvalue weighted by Crippen LogP contribution is -2.24. The van der Waals surface area contributed by atoms with Crippen molar-refractivity contribution in [3.05, 3.63) is 0 Å². The molecule has 6 nitrogen and oxygen atoms in total. The second kappa shape index (κ2) is 9.39. The maximum absolute atomic E-state index is 8.62. The average Bonchev–Trinajstić information content (AvgIpc) is 1.99. The van der Waals surface area contributed by atoms with Crippen molar-refractivity contribution in [1.29, 1.82) is 0 Å². The van der Waals surface area contributed by atoms with Gasteiger partial charge in [-0.25, -0.2) is 0 Å². The molecule has 8 heteroatoms. The number of aliphatic hydroxyl groups is 3. The van der Waals surface area contributed by atoms with E-state index in [0.717, 1.165) is 0 Å². The predicted molar refractivity (Wildman–Crippen MR) is 55.2 cm³/mol. The summed E-state index contributed by atoms with van der Waals surface area (Å²) in [6.45, 7) is -0.394. The van der Waals surface area contributed by atoms with Crippen LogP contribution in [0.4, 0.5) is 0 Å². The predicted octanol–water partition coefficient (Wildman–Crippen LogP) is -1.61. The number of rotatable bonds is 3. The molecule has 0 spiro atoms. The van der Waals surface area contributed by atoms with Crippen molar-refractivity contribution in [2.45, 2.75) is 6.10 Å². The van der Waals surface area contributed by atoms with E-state index in [-0.39, 0.29) is 18.4 Å².